The number of aromatic nitrogens is 1. The maximum absolute atomic E-state index is 5.95. The second-order valence-electron chi connectivity index (χ2n) is 5.44. The molecule has 1 heterocycles. The Morgan fingerprint density at radius 2 is 1.22 bits per heavy atom. The van der Waals surface area contributed by atoms with Crippen molar-refractivity contribution in [2.24, 2.45) is 0 Å². The summed E-state index contributed by atoms with van der Waals surface area (Å²) in [4.78, 5) is 4.75. The highest BCUT2D eigenvalue weighted by molar-refractivity contribution is 6.30. The number of nitrogens with zero attached hydrogens (tertiary/aromatic N) is 1. The summed E-state index contributed by atoms with van der Waals surface area (Å²) in [6.45, 7) is 0. The van der Waals surface area contributed by atoms with Crippen LogP contribution in [0, 0.1) is 0 Å². The molecule has 2 heteroatoms. The lowest BCUT2D eigenvalue weighted by atomic mass is 10.0. The summed E-state index contributed by atoms with van der Waals surface area (Å²) in [5.41, 5.74) is 4.35. The fraction of sp³-hybridized carbons (Fsp3) is 0. The van der Waals surface area contributed by atoms with Crippen molar-refractivity contribution in [2.45, 2.75) is 0 Å². The quantitative estimate of drug-likeness (QED) is 0.401. The zero-order valence-electron chi connectivity index (χ0n) is 12.4. The van der Waals surface area contributed by atoms with E-state index in [1.165, 1.54) is 5.56 Å². The van der Waals surface area contributed by atoms with Crippen LogP contribution in [0.15, 0.2) is 72.8 Å². The Labute approximate surface area is 139 Å². The summed E-state index contributed by atoms with van der Waals surface area (Å²) in [5, 5.41) is 3.08. The van der Waals surface area contributed by atoms with E-state index in [1.807, 2.05) is 36.4 Å². The molecular weight excluding hydrogens is 302 g/mol. The zero-order valence-corrected chi connectivity index (χ0v) is 13.2. The van der Waals surface area contributed by atoms with Gasteiger partial charge in [0.15, 0.2) is 0 Å². The van der Waals surface area contributed by atoms with Crippen LogP contribution in [0.2, 0.25) is 5.02 Å². The summed E-state index contributed by atoms with van der Waals surface area (Å²) in [6, 6.07) is 24.4. The maximum Gasteiger partial charge on any atom is 0.0715 e. The lowest BCUT2D eigenvalue weighted by molar-refractivity contribution is 1.49. The van der Waals surface area contributed by atoms with Crippen LogP contribution in [0.5, 0.6) is 0 Å². The first-order chi connectivity index (χ1) is 11.3. The van der Waals surface area contributed by atoms with Crippen LogP contribution in [0.1, 0.15) is 11.1 Å². The number of fused-ring (bicyclic) bond motifs is 2. The van der Waals surface area contributed by atoms with E-state index in [9.17, 15) is 0 Å². The SMILES string of the molecule is Clc1ccc(/C=C/c2c3ccccc3nc3ccccc23)cc1. The zero-order chi connectivity index (χ0) is 15.6. The van der Waals surface area contributed by atoms with Crippen molar-refractivity contribution in [1.29, 1.82) is 0 Å². The first-order valence-corrected chi connectivity index (χ1v) is 7.90. The predicted octanol–water partition coefficient (Wildman–Crippen LogP) is 6.21. The van der Waals surface area contributed by atoms with E-state index in [0.29, 0.717) is 0 Å². The molecule has 0 amide bonds. The Bertz CT molecular complexity index is 963. The third-order valence-corrected chi connectivity index (χ3v) is 4.19. The van der Waals surface area contributed by atoms with E-state index < -0.39 is 0 Å². The van der Waals surface area contributed by atoms with Crippen LogP contribution in [0.4, 0.5) is 0 Å². The average molecular weight is 316 g/mol. The molecule has 0 aliphatic rings. The van der Waals surface area contributed by atoms with Crippen LogP contribution < -0.4 is 0 Å². The third kappa shape index (κ3) is 2.71. The largest absolute Gasteiger partial charge is 0.248 e. The van der Waals surface area contributed by atoms with Crippen LogP contribution in [0.3, 0.4) is 0 Å². The highest BCUT2D eigenvalue weighted by Gasteiger charge is 2.05. The van der Waals surface area contributed by atoms with Gasteiger partial charge in [-0.2, -0.15) is 0 Å². The number of hydrogen-bond donors (Lipinski definition) is 0. The van der Waals surface area contributed by atoms with Crippen LogP contribution in [0.25, 0.3) is 34.0 Å². The van der Waals surface area contributed by atoms with E-state index >= 15 is 0 Å². The molecule has 110 valence electrons. The van der Waals surface area contributed by atoms with Gasteiger partial charge >= 0.3 is 0 Å². The minimum absolute atomic E-state index is 0.752. The minimum atomic E-state index is 0.752. The van der Waals surface area contributed by atoms with Gasteiger partial charge in [-0.15, -0.1) is 0 Å². The minimum Gasteiger partial charge on any atom is -0.248 e. The fourth-order valence-corrected chi connectivity index (χ4v) is 2.93. The predicted molar refractivity (Wildman–Crippen MR) is 99.6 cm³/mol. The van der Waals surface area contributed by atoms with Gasteiger partial charge in [-0.3, -0.25) is 0 Å². The lowest BCUT2D eigenvalue weighted by Gasteiger charge is -2.07. The van der Waals surface area contributed by atoms with Crippen molar-refractivity contribution < 1.29 is 0 Å². The van der Waals surface area contributed by atoms with Gasteiger partial charge < -0.3 is 0 Å². The summed E-state index contributed by atoms with van der Waals surface area (Å²) in [7, 11) is 0. The number of para-hydroxylation sites is 2. The maximum atomic E-state index is 5.95. The van der Waals surface area contributed by atoms with Crippen molar-refractivity contribution in [3.63, 3.8) is 0 Å². The van der Waals surface area contributed by atoms with Gasteiger partial charge in [-0.25, -0.2) is 4.98 Å². The molecule has 0 aliphatic heterocycles. The first kappa shape index (κ1) is 14.0. The van der Waals surface area contributed by atoms with E-state index in [4.69, 9.17) is 16.6 Å². The van der Waals surface area contributed by atoms with Gasteiger partial charge in [-0.1, -0.05) is 72.3 Å². The normalized spacial score (nSPS) is 11.5. The Morgan fingerprint density at radius 3 is 1.83 bits per heavy atom. The van der Waals surface area contributed by atoms with Gasteiger partial charge in [-0.05, 0) is 35.4 Å². The molecule has 0 spiro atoms. The van der Waals surface area contributed by atoms with Gasteiger partial charge in [0.25, 0.3) is 0 Å². The van der Waals surface area contributed by atoms with E-state index in [-0.39, 0.29) is 0 Å². The molecule has 0 radical (unpaired) electrons. The second-order valence-corrected chi connectivity index (χ2v) is 5.88. The molecule has 1 nitrogen and oxygen atoms in total. The molecule has 3 aromatic carbocycles. The third-order valence-electron chi connectivity index (χ3n) is 3.94. The molecule has 4 aromatic rings. The molecule has 0 N–H and O–H groups in total. The molecule has 0 atom stereocenters. The lowest BCUT2D eigenvalue weighted by Crippen LogP contribution is -1.87. The molecule has 0 saturated carbocycles. The van der Waals surface area contributed by atoms with Gasteiger partial charge in [0.2, 0.25) is 0 Å². The average Bonchev–Trinajstić information content (AvgIpc) is 2.60. The first-order valence-electron chi connectivity index (χ1n) is 7.52. The molecule has 0 saturated heterocycles. The van der Waals surface area contributed by atoms with Crippen molar-refractivity contribution in [3.8, 4) is 0 Å². The fourth-order valence-electron chi connectivity index (χ4n) is 2.81. The summed E-state index contributed by atoms with van der Waals surface area (Å²) < 4.78 is 0. The van der Waals surface area contributed by atoms with Crippen LogP contribution >= 0.6 is 11.6 Å². The molecule has 1 aromatic heterocycles. The Morgan fingerprint density at radius 1 is 0.652 bits per heavy atom. The van der Waals surface area contributed by atoms with E-state index in [2.05, 4.69) is 48.6 Å². The summed E-state index contributed by atoms with van der Waals surface area (Å²) in [6.07, 6.45) is 4.28. The molecule has 23 heavy (non-hydrogen) atoms. The molecular formula is C21H14ClN. The van der Waals surface area contributed by atoms with Gasteiger partial charge in [0.1, 0.15) is 0 Å². The highest BCUT2D eigenvalue weighted by atomic mass is 35.5. The standard InChI is InChI=1S/C21H14ClN/c22-16-12-9-15(10-13-16)11-14-17-18-5-1-3-7-20(18)23-21-8-4-2-6-19(17)21/h1-14H/b14-11+. The van der Waals surface area contributed by atoms with E-state index in [0.717, 1.165) is 32.4 Å². The number of rotatable bonds is 2. The van der Waals surface area contributed by atoms with Crippen molar-refractivity contribution >= 4 is 45.6 Å². The Kier molecular flexibility index (Phi) is 3.57. The molecule has 0 bridgehead atoms. The molecule has 0 fully saturated rings. The molecule has 0 aliphatic carbocycles. The topological polar surface area (TPSA) is 12.9 Å². The van der Waals surface area contributed by atoms with Crippen molar-refractivity contribution in [1.82, 2.24) is 4.98 Å². The number of halogens is 1. The Hall–Kier alpha value is -2.64. The van der Waals surface area contributed by atoms with Crippen molar-refractivity contribution in [2.75, 3.05) is 0 Å². The smallest absolute Gasteiger partial charge is 0.0715 e. The number of pyridine rings is 1. The van der Waals surface area contributed by atoms with Gasteiger partial charge in [0, 0.05) is 15.8 Å². The Balaban J connectivity index is 1.93. The molecule has 4 rings (SSSR count). The number of hydrogen-bond acceptors (Lipinski definition) is 1. The van der Waals surface area contributed by atoms with Crippen molar-refractivity contribution in [3.05, 3.63) is 88.9 Å². The highest BCUT2D eigenvalue weighted by Crippen LogP contribution is 2.27. The monoisotopic (exact) mass is 315 g/mol. The number of benzene rings is 3. The summed E-state index contributed by atoms with van der Waals surface area (Å²) >= 11 is 5.95. The van der Waals surface area contributed by atoms with E-state index in [1.54, 1.807) is 0 Å². The second kappa shape index (κ2) is 5.86. The van der Waals surface area contributed by atoms with Crippen LogP contribution in [-0.2, 0) is 0 Å². The van der Waals surface area contributed by atoms with Crippen LogP contribution in [-0.4, -0.2) is 4.98 Å². The molecule has 0 unspecified atom stereocenters. The van der Waals surface area contributed by atoms with Gasteiger partial charge in [0.05, 0.1) is 11.0 Å². The summed E-state index contributed by atoms with van der Waals surface area (Å²) in [5.74, 6) is 0.